The zero-order chi connectivity index (χ0) is 19.9. The Balaban J connectivity index is 1.58. The van der Waals surface area contributed by atoms with Crippen molar-refractivity contribution in [3.63, 3.8) is 0 Å². The molecule has 0 spiro atoms. The number of hydrogen-bond acceptors (Lipinski definition) is 5. The van der Waals surface area contributed by atoms with Gasteiger partial charge in [0.05, 0.1) is 11.0 Å². The lowest BCUT2D eigenvalue weighted by Gasteiger charge is -2.18. The molecule has 0 radical (unpaired) electrons. The van der Waals surface area contributed by atoms with Crippen LogP contribution in [0.25, 0.3) is 0 Å². The van der Waals surface area contributed by atoms with Gasteiger partial charge in [0.25, 0.3) is 5.91 Å². The minimum Gasteiger partial charge on any atom is -0.455 e. The average Bonchev–Trinajstić information content (AvgIpc) is 3.14. The Bertz CT molecular complexity index is 841. The quantitative estimate of drug-likeness (QED) is 0.640. The van der Waals surface area contributed by atoms with Crippen LogP contribution in [0.1, 0.15) is 29.2 Å². The van der Waals surface area contributed by atoms with Gasteiger partial charge in [-0.05, 0) is 29.7 Å². The fourth-order valence-electron chi connectivity index (χ4n) is 2.98. The van der Waals surface area contributed by atoms with E-state index in [0.717, 1.165) is 16.0 Å². The van der Waals surface area contributed by atoms with E-state index in [-0.39, 0.29) is 16.9 Å². The van der Waals surface area contributed by atoms with Crippen molar-refractivity contribution in [2.24, 2.45) is 0 Å². The molecule has 0 saturated carbocycles. The number of imide groups is 1. The van der Waals surface area contributed by atoms with Crippen LogP contribution >= 0.6 is 23.4 Å². The van der Waals surface area contributed by atoms with Gasteiger partial charge in [-0.25, -0.2) is 0 Å². The molecular weight excluding hydrogens is 398 g/mol. The molecule has 7 heteroatoms. The molecular formula is C21H20ClNO4S. The minimum atomic E-state index is -0.486. The molecule has 0 aromatic heterocycles. The topological polar surface area (TPSA) is 63.7 Å². The van der Waals surface area contributed by atoms with Gasteiger partial charge >= 0.3 is 5.97 Å². The SMILES string of the molecule is O=C(CS[C@H](c1ccccc1)c1ccc(Cl)cc1)OCC(=O)N1CCCC1=O. The highest BCUT2D eigenvalue weighted by molar-refractivity contribution is 8.00. The summed E-state index contributed by atoms with van der Waals surface area (Å²) in [6.07, 6.45) is 1.03. The van der Waals surface area contributed by atoms with E-state index in [1.807, 2.05) is 54.6 Å². The summed E-state index contributed by atoms with van der Waals surface area (Å²) >= 11 is 7.40. The highest BCUT2D eigenvalue weighted by Crippen LogP contribution is 2.36. The molecule has 5 nitrogen and oxygen atoms in total. The second-order valence-corrected chi connectivity index (χ2v) is 7.89. The van der Waals surface area contributed by atoms with Crippen LogP contribution in [-0.2, 0) is 19.1 Å². The lowest BCUT2D eigenvalue weighted by Crippen LogP contribution is -2.35. The molecule has 2 aromatic rings. The summed E-state index contributed by atoms with van der Waals surface area (Å²) in [4.78, 5) is 36.8. The first kappa shape index (κ1) is 20.4. The first-order chi connectivity index (χ1) is 13.5. The summed E-state index contributed by atoms with van der Waals surface area (Å²) in [6.45, 7) is -0.00129. The highest BCUT2D eigenvalue weighted by Gasteiger charge is 2.27. The van der Waals surface area contributed by atoms with Crippen LogP contribution in [0.2, 0.25) is 5.02 Å². The number of rotatable bonds is 7. The standard InChI is InChI=1S/C21H20ClNO4S/c22-17-10-8-16(9-11-17)21(15-5-2-1-3-6-15)28-14-20(26)27-13-19(25)23-12-4-7-18(23)24/h1-3,5-6,8-11,21H,4,7,12-14H2/t21-/m1/s1. The molecule has 1 aliphatic rings. The van der Waals surface area contributed by atoms with Gasteiger partial charge in [0.2, 0.25) is 5.91 Å². The third-order valence-corrected chi connectivity index (χ3v) is 5.91. The van der Waals surface area contributed by atoms with Gasteiger partial charge in [-0.15, -0.1) is 11.8 Å². The number of amides is 2. The van der Waals surface area contributed by atoms with Crippen LogP contribution < -0.4 is 0 Å². The first-order valence-corrected chi connectivity index (χ1v) is 10.4. The largest absolute Gasteiger partial charge is 0.455 e. The zero-order valence-corrected chi connectivity index (χ0v) is 16.7. The van der Waals surface area contributed by atoms with E-state index in [0.29, 0.717) is 24.4 Å². The van der Waals surface area contributed by atoms with E-state index < -0.39 is 18.5 Å². The smallest absolute Gasteiger partial charge is 0.316 e. The summed E-state index contributed by atoms with van der Waals surface area (Å²) < 4.78 is 5.08. The Morgan fingerprint density at radius 1 is 1.07 bits per heavy atom. The molecule has 28 heavy (non-hydrogen) atoms. The molecule has 1 atom stereocenters. The number of carbonyl (C=O) groups excluding carboxylic acids is 3. The van der Waals surface area contributed by atoms with Gasteiger partial charge in [-0.1, -0.05) is 54.1 Å². The van der Waals surface area contributed by atoms with Gasteiger partial charge < -0.3 is 4.74 Å². The number of likely N-dealkylation sites (tertiary alicyclic amines) is 1. The lowest BCUT2D eigenvalue weighted by molar-refractivity contribution is -0.153. The fourth-order valence-corrected chi connectivity index (χ4v) is 4.19. The van der Waals surface area contributed by atoms with E-state index >= 15 is 0 Å². The predicted molar refractivity (Wildman–Crippen MR) is 109 cm³/mol. The van der Waals surface area contributed by atoms with Crippen molar-refractivity contribution in [3.05, 3.63) is 70.7 Å². The van der Waals surface area contributed by atoms with Gasteiger partial charge in [-0.3, -0.25) is 19.3 Å². The molecule has 0 aliphatic carbocycles. The zero-order valence-electron chi connectivity index (χ0n) is 15.2. The monoisotopic (exact) mass is 417 g/mol. The van der Waals surface area contributed by atoms with Crippen molar-refractivity contribution in [1.82, 2.24) is 4.90 Å². The van der Waals surface area contributed by atoms with Crippen LogP contribution in [-0.4, -0.2) is 41.6 Å². The summed E-state index contributed by atoms with van der Waals surface area (Å²) in [5.74, 6) is -1.07. The molecule has 1 saturated heterocycles. The van der Waals surface area contributed by atoms with Crippen LogP contribution in [0.15, 0.2) is 54.6 Å². The molecule has 1 heterocycles. The lowest BCUT2D eigenvalue weighted by atomic mass is 10.0. The number of benzene rings is 2. The fraction of sp³-hybridized carbons (Fsp3) is 0.286. The Morgan fingerprint density at radius 2 is 1.75 bits per heavy atom. The van der Waals surface area contributed by atoms with E-state index in [1.165, 1.54) is 11.8 Å². The Kier molecular flexibility index (Phi) is 7.12. The van der Waals surface area contributed by atoms with Crippen LogP contribution in [0, 0.1) is 0 Å². The number of hydrogen-bond donors (Lipinski definition) is 0. The maximum Gasteiger partial charge on any atom is 0.316 e. The molecule has 0 N–H and O–H groups in total. The summed E-state index contributed by atoms with van der Waals surface area (Å²) in [5, 5.41) is 0.580. The van der Waals surface area contributed by atoms with Crippen LogP contribution in [0.5, 0.6) is 0 Å². The predicted octanol–water partition coefficient (Wildman–Crippen LogP) is 3.85. The van der Waals surface area contributed by atoms with Crippen molar-refractivity contribution in [1.29, 1.82) is 0 Å². The van der Waals surface area contributed by atoms with Crippen molar-refractivity contribution in [3.8, 4) is 0 Å². The van der Waals surface area contributed by atoms with Crippen molar-refractivity contribution in [2.45, 2.75) is 18.1 Å². The molecule has 146 valence electrons. The van der Waals surface area contributed by atoms with E-state index in [2.05, 4.69) is 0 Å². The van der Waals surface area contributed by atoms with E-state index in [9.17, 15) is 14.4 Å². The highest BCUT2D eigenvalue weighted by atomic mass is 35.5. The number of carbonyl (C=O) groups is 3. The third-order valence-electron chi connectivity index (χ3n) is 4.37. The van der Waals surface area contributed by atoms with E-state index in [1.54, 1.807) is 0 Å². The Labute approximate surface area is 173 Å². The normalized spacial score (nSPS) is 14.8. The second kappa shape index (κ2) is 9.75. The maximum absolute atomic E-state index is 12.1. The minimum absolute atomic E-state index is 0.0677. The van der Waals surface area contributed by atoms with Gasteiger partial charge in [-0.2, -0.15) is 0 Å². The van der Waals surface area contributed by atoms with Gasteiger partial charge in [0.15, 0.2) is 6.61 Å². The first-order valence-electron chi connectivity index (χ1n) is 8.95. The average molecular weight is 418 g/mol. The van der Waals surface area contributed by atoms with Gasteiger partial charge in [0.1, 0.15) is 0 Å². The van der Waals surface area contributed by atoms with Gasteiger partial charge in [0, 0.05) is 18.0 Å². The molecule has 1 fully saturated rings. The molecule has 0 unspecified atom stereocenters. The number of thioether (sulfide) groups is 1. The van der Waals surface area contributed by atoms with Crippen molar-refractivity contribution >= 4 is 41.1 Å². The van der Waals surface area contributed by atoms with Crippen LogP contribution in [0.3, 0.4) is 0 Å². The number of esters is 1. The number of halogens is 1. The van der Waals surface area contributed by atoms with Crippen molar-refractivity contribution in [2.75, 3.05) is 18.9 Å². The molecule has 2 amide bonds. The maximum atomic E-state index is 12.1. The Morgan fingerprint density at radius 3 is 2.39 bits per heavy atom. The summed E-state index contributed by atoms with van der Waals surface area (Å²) in [5.41, 5.74) is 2.08. The third kappa shape index (κ3) is 5.36. The molecule has 0 bridgehead atoms. The molecule has 2 aromatic carbocycles. The second-order valence-electron chi connectivity index (χ2n) is 6.36. The number of ether oxygens (including phenoxy) is 1. The number of nitrogens with zero attached hydrogens (tertiary/aromatic N) is 1. The summed E-state index contributed by atoms with van der Waals surface area (Å²) in [7, 11) is 0. The van der Waals surface area contributed by atoms with E-state index in [4.69, 9.17) is 16.3 Å². The van der Waals surface area contributed by atoms with Crippen molar-refractivity contribution < 1.29 is 19.1 Å². The Hall–Kier alpha value is -2.31. The molecule has 3 rings (SSSR count). The summed E-state index contributed by atoms with van der Waals surface area (Å²) in [6, 6.07) is 17.3. The van der Waals surface area contributed by atoms with Crippen LogP contribution in [0.4, 0.5) is 0 Å². The molecule has 1 aliphatic heterocycles.